The Labute approximate surface area is 132 Å². The van der Waals surface area contributed by atoms with E-state index < -0.39 is 0 Å². The Morgan fingerprint density at radius 1 is 1.29 bits per heavy atom. The predicted octanol–water partition coefficient (Wildman–Crippen LogP) is 4.89. The Morgan fingerprint density at radius 3 is 2.67 bits per heavy atom. The standard InChI is InChI=1S/C16H19BrN2O2/c1-16(2)7-5-10(6-8-16)14-18-15(21-19-14)11-3-4-12(17)13(20)9-11/h3-4,9-10,20H,5-8H2,1-2H3. The number of nitrogens with zero attached hydrogens (tertiary/aromatic N) is 2. The fourth-order valence-corrected chi connectivity index (χ4v) is 3.07. The summed E-state index contributed by atoms with van der Waals surface area (Å²) < 4.78 is 6.02. The summed E-state index contributed by atoms with van der Waals surface area (Å²) in [5.41, 5.74) is 1.17. The lowest BCUT2D eigenvalue weighted by atomic mass is 9.73. The molecule has 0 radical (unpaired) electrons. The average Bonchev–Trinajstić information content (AvgIpc) is 2.91. The van der Waals surface area contributed by atoms with E-state index in [9.17, 15) is 5.11 Å². The van der Waals surface area contributed by atoms with Crippen LogP contribution in [-0.2, 0) is 0 Å². The number of phenolic OH excluding ortho intramolecular Hbond substituents is 1. The SMILES string of the molecule is CC1(C)CCC(c2noc(-c3ccc(Br)c(O)c3)n2)CC1. The third-order valence-electron chi connectivity index (χ3n) is 4.34. The van der Waals surface area contributed by atoms with Crippen LogP contribution < -0.4 is 0 Å². The molecule has 1 heterocycles. The number of aromatic nitrogens is 2. The van der Waals surface area contributed by atoms with E-state index in [-0.39, 0.29) is 5.75 Å². The summed E-state index contributed by atoms with van der Waals surface area (Å²) in [6.45, 7) is 4.63. The first kappa shape index (κ1) is 14.6. The Morgan fingerprint density at radius 2 is 2.00 bits per heavy atom. The second-order valence-electron chi connectivity index (χ2n) is 6.56. The lowest BCUT2D eigenvalue weighted by Crippen LogP contribution is -2.20. The molecule has 1 aliphatic carbocycles. The molecule has 1 fully saturated rings. The molecule has 0 spiro atoms. The highest BCUT2D eigenvalue weighted by Gasteiger charge is 2.30. The van der Waals surface area contributed by atoms with Crippen molar-refractivity contribution < 1.29 is 9.63 Å². The van der Waals surface area contributed by atoms with E-state index in [1.54, 1.807) is 12.1 Å². The van der Waals surface area contributed by atoms with E-state index in [1.807, 2.05) is 6.07 Å². The van der Waals surface area contributed by atoms with Gasteiger partial charge in [0.25, 0.3) is 5.89 Å². The number of benzene rings is 1. The molecule has 0 aliphatic heterocycles. The third-order valence-corrected chi connectivity index (χ3v) is 5.01. The van der Waals surface area contributed by atoms with Crippen molar-refractivity contribution in [2.24, 2.45) is 5.41 Å². The van der Waals surface area contributed by atoms with Gasteiger partial charge in [0.15, 0.2) is 5.82 Å². The first-order chi connectivity index (χ1) is 9.94. The van der Waals surface area contributed by atoms with Crippen LogP contribution in [0.25, 0.3) is 11.5 Å². The maximum Gasteiger partial charge on any atom is 0.258 e. The molecular formula is C16H19BrN2O2. The predicted molar refractivity (Wildman–Crippen MR) is 84.1 cm³/mol. The summed E-state index contributed by atoms with van der Waals surface area (Å²) >= 11 is 3.26. The molecule has 2 aromatic rings. The minimum absolute atomic E-state index is 0.173. The van der Waals surface area contributed by atoms with Gasteiger partial charge in [-0.25, -0.2) is 0 Å². The molecule has 0 amide bonds. The Balaban J connectivity index is 1.79. The molecule has 1 aromatic carbocycles. The van der Waals surface area contributed by atoms with Crippen LogP contribution >= 0.6 is 15.9 Å². The second kappa shape index (κ2) is 5.44. The topological polar surface area (TPSA) is 59.2 Å². The number of aromatic hydroxyl groups is 1. The highest BCUT2D eigenvalue weighted by Crippen LogP contribution is 2.42. The zero-order chi connectivity index (χ0) is 15.0. The molecule has 0 saturated heterocycles. The molecule has 21 heavy (non-hydrogen) atoms. The van der Waals surface area contributed by atoms with Gasteiger partial charge < -0.3 is 9.63 Å². The molecule has 4 nitrogen and oxygen atoms in total. The Kier molecular flexibility index (Phi) is 3.78. The van der Waals surface area contributed by atoms with Crippen molar-refractivity contribution in [1.29, 1.82) is 0 Å². The van der Waals surface area contributed by atoms with E-state index in [1.165, 1.54) is 12.8 Å². The van der Waals surface area contributed by atoms with Gasteiger partial charge in [-0.2, -0.15) is 4.98 Å². The van der Waals surface area contributed by atoms with Crippen molar-refractivity contribution in [3.8, 4) is 17.2 Å². The maximum atomic E-state index is 9.74. The zero-order valence-electron chi connectivity index (χ0n) is 12.3. The van der Waals surface area contributed by atoms with Gasteiger partial charge in [-0.15, -0.1) is 0 Å². The van der Waals surface area contributed by atoms with Crippen LogP contribution in [0, 0.1) is 5.41 Å². The van der Waals surface area contributed by atoms with Crippen molar-refractivity contribution in [3.05, 3.63) is 28.5 Å². The van der Waals surface area contributed by atoms with Crippen LogP contribution in [0.2, 0.25) is 0 Å². The van der Waals surface area contributed by atoms with Gasteiger partial charge in [0.2, 0.25) is 0 Å². The normalized spacial score (nSPS) is 18.8. The monoisotopic (exact) mass is 350 g/mol. The fourth-order valence-electron chi connectivity index (χ4n) is 2.82. The lowest BCUT2D eigenvalue weighted by molar-refractivity contribution is 0.218. The van der Waals surface area contributed by atoms with Gasteiger partial charge in [0.05, 0.1) is 4.47 Å². The highest BCUT2D eigenvalue weighted by atomic mass is 79.9. The molecule has 1 saturated carbocycles. The molecule has 1 N–H and O–H groups in total. The van der Waals surface area contributed by atoms with Crippen LogP contribution in [0.5, 0.6) is 5.75 Å². The smallest absolute Gasteiger partial charge is 0.258 e. The third kappa shape index (κ3) is 3.12. The average molecular weight is 351 g/mol. The largest absolute Gasteiger partial charge is 0.507 e. The van der Waals surface area contributed by atoms with Crippen molar-refractivity contribution >= 4 is 15.9 Å². The van der Waals surface area contributed by atoms with Crippen molar-refractivity contribution in [2.75, 3.05) is 0 Å². The Bertz CT molecular complexity index is 641. The number of phenols is 1. The highest BCUT2D eigenvalue weighted by molar-refractivity contribution is 9.10. The van der Waals surface area contributed by atoms with Crippen LogP contribution in [-0.4, -0.2) is 15.2 Å². The van der Waals surface area contributed by atoms with Crippen molar-refractivity contribution in [3.63, 3.8) is 0 Å². The summed E-state index contributed by atoms with van der Waals surface area (Å²) in [4.78, 5) is 4.52. The van der Waals surface area contributed by atoms with Gasteiger partial charge >= 0.3 is 0 Å². The van der Waals surface area contributed by atoms with Gasteiger partial charge in [0, 0.05) is 11.5 Å². The molecule has 5 heteroatoms. The van der Waals surface area contributed by atoms with E-state index in [0.717, 1.165) is 24.2 Å². The summed E-state index contributed by atoms with van der Waals surface area (Å²) in [5.74, 6) is 1.83. The summed E-state index contributed by atoms with van der Waals surface area (Å²) in [5, 5.41) is 13.9. The Hall–Kier alpha value is -1.36. The number of hydrogen-bond acceptors (Lipinski definition) is 4. The van der Waals surface area contributed by atoms with Crippen LogP contribution in [0.4, 0.5) is 0 Å². The minimum Gasteiger partial charge on any atom is -0.507 e. The van der Waals surface area contributed by atoms with Gasteiger partial charge in [-0.3, -0.25) is 0 Å². The molecule has 1 aliphatic rings. The van der Waals surface area contributed by atoms with Gasteiger partial charge in [-0.05, 0) is 65.2 Å². The van der Waals surface area contributed by atoms with E-state index in [4.69, 9.17) is 4.52 Å². The molecule has 1 aromatic heterocycles. The summed E-state index contributed by atoms with van der Waals surface area (Å²) in [7, 11) is 0. The summed E-state index contributed by atoms with van der Waals surface area (Å²) in [6, 6.07) is 5.26. The van der Waals surface area contributed by atoms with Crippen molar-refractivity contribution in [2.45, 2.75) is 45.4 Å². The second-order valence-corrected chi connectivity index (χ2v) is 7.42. The first-order valence-electron chi connectivity index (χ1n) is 7.27. The van der Waals surface area contributed by atoms with Crippen LogP contribution in [0.1, 0.15) is 51.3 Å². The molecular weight excluding hydrogens is 332 g/mol. The van der Waals surface area contributed by atoms with Crippen molar-refractivity contribution in [1.82, 2.24) is 10.1 Å². The number of hydrogen-bond donors (Lipinski definition) is 1. The molecule has 0 unspecified atom stereocenters. The fraction of sp³-hybridized carbons (Fsp3) is 0.500. The number of rotatable bonds is 2. The number of halogens is 1. The zero-order valence-corrected chi connectivity index (χ0v) is 13.9. The molecule has 0 bridgehead atoms. The van der Waals surface area contributed by atoms with Gasteiger partial charge in [0.1, 0.15) is 5.75 Å². The first-order valence-corrected chi connectivity index (χ1v) is 8.06. The minimum atomic E-state index is 0.173. The molecule has 0 atom stereocenters. The lowest BCUT2D eigenvalue weighted by Gasteiger charge is -2.32. The van der Waals surface area contributed by atoms with E-state index in [2.05, 4.69) is 39.9 Å². The maximum absolute atomic E-state index is 9.74. The quantitative estimate of drug-likeness (QED) is 0.837. The van der Waals surface area contributed by atoms with Gasteiger partial charge in [-0.1, -0.05) is 19.0 Å². The summed E-state index contributed by atoms with van der Waals surface area (Å²) in [6.07, 6.45) is 4.61. The van der Waals surface area contributed by atoms with E-state index >= 15 is 0 Å². The molecule has 112 valence electrons. The van der Waals surface area contributed by atoms with Crippen LogP contribution in [0.15, 0.2) is 27.2 Å². The van der Waals surface area contributed by atoms with E-state index in [0.29, 0.717) is 21.7 Å². The molecule has 3 rings (SSSR count). The van der Waals surface area contributed by atoms with Crippen LogP contribution in [0.3, 0.4) is 0 Å².